The molecule has 0 atom stereocenters. The first-order valence-electron chi connectivity index (χ1n) is 21.7. The first-order chi connectivity index (χ1) is 31.2. The van der Waals surface area contributed by atoms with E-state index >= 15 is 0 Å². The molecule has 1 aliphatic rings. The minimum absolute atomic E-state index is 0.501. The van der Waals surface area contributed by atoms with Gasteiger partial charge in [0.25, 0.3) is 0 Å². The van der Waals surface area contributed by atoms with Crippen molar-refractivity contribution < 1.29 is 4.42 Å². The number of furan rings is 1. The van der Waals surface area contributed by atoms with Crippen LogP contribution in [0.3, 0.4) is 0 Å². The van der Waals surface area contributed by atoms with Crippen molar-refractivity contribution >= 4 is 39.0 Å². The van der Waals surface area contributed by atoms with Crippen molar-refractivity contribution in [3.8, 4) is 44.5 Å². The highest BCUT2D eigenvalue weighted by molar-refractivity contribution is 6.13. The summed E-state index contributed by atoms with van der Waals surface area (Å²) in [6.07, 6.45) is 0. The number of fused-ring (bicyclic) bond motifs is 6. The summed E-state index contributed by atoms with van der Waals surface area (Å²) in [6.45, 7) is 0. The molecular weight excluding hydrogens is 763 g/mol. The monoisotopic (exact) mass is 803 g/mol. The number of nitrogens with zero attached hydrogens (tertiary/aromatic N) is 1. The van der Waals surface area contributed by atoms with Gasteiger partial charge in [-0.15, -0.1) is 0 Å². The highest BCUT2D eigenvalue weighted by atomic mass is 16.3. The molecule has 63 heavy (non-hydrogen) atoms. The van der Waals surface area contributed by atoms with Crippen molar-refractivity contribution in [3.05, 3.63) is 271 Å². The first-order valence-corrected chi connectivity index (χ1v) is 21.7. The smallest absolute Gasteiger partial charge is 0.136 e. The Bertz CT molecular complexity index is 3400. The van der Waals surface area contributed by atoms with Crippen molar-refractivity contribution in [3.63, 3.8) is 0 Å². The molecule has 11 aromatic rings. The van der Waals surface area contributed by atoms with Crippen molar-refractivity contribution in [1.82, 2.24) is 0 Å². The quantitative estimate of drug-likeness (QED) is 0.152. The lowest BCUT2D eigenvalue weighted by molar-refractivity contribution is 0.665. The molecule has 10 aromatic carbocycles. The highest BCUT2D eigenvalue weighted by Gasteiger charge is 2.46. The Morgan fingerprint density at radius 3 is 1.48 bits per heavy atom. The van der Waals surface area contributed by atoms with Gasteiger partial charge in [0.15, 0.2) is 0 Å². The molecular formula is C61H41NO. The molecule has 2 heteroatoms. The van der Waals surface area contributed by atoms with Crippen LogP contribution in [0.25, 0.3) is 66.4 Å². The lowest BCUT2D eigenvalue weighted by atomic mass is 9.67. The van der Waals surface area contributed by atoms with Crippen molar-refractivity contribution in [2.75, 3.05) is 4.90 Å². The van der Waals surface area contributed by atoms with Crippen LogP contribution >= 0.6 is 0 Å². The third-order valence-corrected chi connectivity index (χ3v) is 12.9. The second-order valence-corrected chi connectivity index (χ2v) is 16.4. The maximum Gasteiger partial charge on any atom is 0.136 e. The van der Waals surface area contributed by atoms with E-state index in [9.17, 15) is 0 Å². The van der Waals surface area contributed by atoms with E-state index in [2.05, 4.69) is 254 Å². The van der Waals surface area contributed by atoms with Crippen molar-refractivity contribution in [1.29, 1.82) is 0 Å². The second-order valence-electron chi connectivity index (χ2n) is 16.4. The zero-order valence-corrected chi connectivity index (χ0v) is 34.5. The molecule has 0 bridgehead atoms. The summed E-state index contributed by atoms with van der Waals surface area (Å²) in [4.78, 5) is 2.37. The van der Waals surface area contributed by atoms with Crippen LogP contribution in [0, 0.1) is 0 Å². The zero-order valence-electron chi connectivity index (χ0n) is 34.5. The summed E-state index contributed by atoms with van der Waals surface area (Å²) in [5.41, 5.74) is 19.0. The van der Waals surface area contributed by atoms with E-state index in [0.717, 1.165) is 50.1 Å². The van der Waals surface area contributed by atoms with Gasteiger partial charge in [-0.25, -0.2) is 0 Å². The Hall–Kier alpha value is -8.20. The van der Waals surface area contributed by atoms with Crippen molar-refractivity contribution in [2.24, 2.45) is 0 Å². The highest BCUT2D eigenvalue weighted by Crippen LogP contribution is 2.56. The third-order valence-electron chi connectivity index (χ3n) is 12.9. The van der Waals surface area contributed by atoms with Crippen LogP contribution in [0.15, 0.2) is 253 Å². The van der Waals surface area contributed by atoms with Gasteiger partial charge < -0.3 is 9.32 Å². The van der Waals surface area contributed by atoms with E-state index in [1.54, 1.807) is 0 Å². The summed E-state index contributed by atoms with van der Waals surface area (Å²) in [5, 5.41) is 2.21. The topological polar surface area (TPSA) is 16.4 Å². The summed E-state index contributed by atoms with van der Waals surface area (Å²) in [7, 11) is 0. The zero-order chi connectivity index (χ0) is 41.7. The minimum atomic E-state index is -0.501. The molecule has 0 amide bonds. The largest absolute Gasteiger partial charge is 0.456 e. The fourth-order valence-electron chi connectivity index (χ4n) is 10.2. The minimum Gasteiger partial charge on any atom is -0.456 e. The third kappa shape index (κ3) is 6.02. The molecule has 1 heterocycles. The summed E-state index contributed by atoms with van der Waals surface area (Å²) >= 11 is 0. The average molecular weight is 804 g/mol. The molecule has 0 unspecified atom stereocenters. The van der Waals surface area contributed by atoms with Gasteiger partial charge in [-0.05, 0) is 115 Å². The molecule has 12 rings (SSSR count). The molecule has 1 aliphatic carbocycles. The number of anilines is 3. The number of hydrogen-bond acceptors (Lipinski definition) is 2. The van der Waals surface area contributed by atoms with E-state index < -0.39 is 5.41 Å². The fourth-order valence-corrected chi connectivity index (χ4v) is 10.2. The average Bonchev–Trinajstić information content (AvgIpc) is 3.89. The van der Waals surface area contributed by atoms with Gasteiger partial charge in [0.2, 0.25) is 0 Å². The van der Waals surface area contributed by atoms with Crippen LogP contribution in [0.4, 0.5) is 17.1 Å². The molecule has 2 nitrogen and oxygen atoms in total. The van der Waals surface area contributed by atoms with E-state index in [1.165, 1.54) is 55.6 Å². The van der Waals surface area contributed by atoms with Crippen molar-refractivity contribution in [2.45, 2.75) is 5.41 Å². The standard InChI is InChI=1S/C61H41NO/c1-4-17-42(18-5-1)44-33-36-49(37-34-44)62(50-25-14-21-45(39-50)43-19-6-2-7-20-43)51-26-15-22-46(40-51)52-29-16-32-58-60(52)55-38-35-48(41-59(55)63-58)61(47-23-8-3-9-24-47)56-30-12-10-27-53(56)54-28-11-13-31-57(54)61/h1-41H. The van der Waals surface area contributed by atoms with Crippen LogP contribution in [-0.2, 0) is 5.41 Å². The summed E-state index contributed by atoms with van der Waals surface area (Å²) in [6, 6.07) is 89.9. The molecule has 0 radical (unpaired) electrons. The lowest BCUT2D eigenvalue weighted by Gasteiger charge is -2.33. The van der Waals surface area contributed by atoms with Gasteiger partial charge in [-0.3, -0.25) is 0 Å². The Morgan fingerprint density at radius 2 is 0.810 bits per heavy atom. The number of rotatable bonds is 8. The maximum absolute atomic E-state index is 6.88. The molecule has 0 saturated carbocycles. The number of benzene rings is 10. The molecule has 1 aromatic heterocycles. The van der Waals surface area contributed by atoms with E-state index in [1.807, 2.05) is 0 Å². The molecule has 0 fully saturated rings. The SMILES string of the molecule is c1ccc(-c2ccc(N(c3cccc(-c4ccccc4)c3)c3cccc(-c4cccc5oc6cc(C7(c8ccccc8)c8ccccc8-c8ccccc87)ccc6c45)c3)cc2)cc1. The van der Waals surface area contributed by atoms with E-state index in [4.69, 9.17) is 4.42 Å². The fraction of sp³-hybridized carbons (Fsp3) is 0.0164. The van der Waals surface area contributed by atoms with Gasteiger partial charge in [0, 0.05) is 27.8 Å². The molecule has 0 aliphatic heterocycles. The first kappa shape index (κ1) is 36.6. The Labute approximate surface area is 367 Å². The van der Waals surface area contributed by atoms with Gasteiger partial charge in [-0.1, -0.05) is 200 Å². The van der Waals surface area contributed by atoms with E-state index in [-0.39, 0.29) is 0 Å². The van der Waals surface area contributed by atoms with Gasteiger partial charge in [0.1, 0.15) is 11.2 Å². The van der Waals surface area contributed by atoms with E-state index in [0.29, 0.717) is 0 Å². The van der Waals surface area contributed by atoms with Crippen LogP contribution in [-0.4, -0.2) is 0 Å². The Balaban J connectivity index is 1.00. The second kappa shape index (κ2) is 15.1. The lowest BCUT2D eigenvalue weighted by Crippen LogP contribution is -2.28. The molecule has 0 saturated heterocycles. The number of hydrogen-bond donors (Lipinski definition) is 0. The summed E-state index contributed by atoms with van der Waals surface area (Å²) < 4.78 is 6.88. The molecule has 296 valence electrons. The van der Waals surface area contributed by atoms with Gasteiger partial charge in [-0.2, -0.15) is 0 Å². The van der Waals surface area contributed by atoms with Crippen LogP contribution < -0.4 is 4.90 Å². The van der Waals surface area contributed by atoms with Crippen LogP contribution in [0.1, 0.15) is 22.3 Å². The van der Waals surface area contributed by atoms with Gasteiger partial charge >= 0.3 is 0 Å². The predicted molar refractivity (Wildman–Crippen MR) is 262 cm³/mol. The van der Waals surface area contributed by atoms with Crippen LogP contribution in [0.5, 0.6) is 0 Å². The Kier molecular flexibility index (Phi) is 8.76. The molecule has 0 spiro atoms. The van der Waals surface area contributed by atoms with Crippen LogP contribution in [0.2, 0.25) is 0 Å². The predicted octanol–water partition coefficient (Wildman–Crippen LogP) is 16.4. The van der Waals surface area contributed by atoms with Gasteiger partial charge in [0.05, 0.1) is 5.41 Å². The summed E-state index contributed by atoms with van der Waals surface area (Å²) in [5.74, 6) is 0. The normalized spacial score (nSPS) is 12.6. The Morgan fingerprint density at radius 1 is 0.302 bits per heavy atom. The maximum atomic E-state index is 6.88. The molecule has 0 N–H and O–H groups in total.